The Morgan fingerprint density at radius 1 is 1.45 bits per heavy atom. The molecule has 0 aliphatic rings. The number of rotatable bonds is 4. The molecule has 0 aliphatic carbocycles. The summed E-state index contributed by atoms with van der Waals surface area (Å²) in [5.74, 6) is -0.255. The van der Waals surface area contributed by atoms with E-state index in [1.165, 1.54) is 16.8 Å². The lowest BCUT2D eigenvalue weighted by atomic mass is 10.1. The van der Waals surface area contributed by atoms with Gasteiger partial charge in [0.05, 0.1) is 11.9 Å². The molecule has 3 rings (SSSR count). The lowest BCUT2D eigenvalue weighted by Crippen LogP contribution is -2.21. The Balaban J connectivity index is 1.73. The van der Waals surface area contributed by atoms with Crippen LogP contribution in [-0.4, -0.2) is 21.3 Å². The SMILES string of the molecule is Cn1ncc(NCCc2c[nH]c3cc(F)ccc23)c(Br)c1=O. The van der Waals surface area contributed by atoms with Crippen LogP contribution < -0.4 is 10.9 Å². The summed E-state index contributed by atoms with van der Waals surface area (Å²) in [6.45, 7) is 0.637. The third kappa shape index (κ3) is 2.76. The first-order valence-electron chi connectivity index (χ1n) is 6.77. The number of H-pyrrole nitrogens is 1. The van der Waals surface area contributed by atoms with Crippen molar-refractivity contribution in [2.24, 2.45) is 7.05 Å². The highest BCUT2D eigenvalue weighted by atomic mass is 79.9. The second-order valence-electron chi connectivity index (χ2n) is 4.98. The summed E-state index contributed by atoms with van der Waals surface area (Å²) < 4.78 is 14.9. The second-order valence-corrected chi connectivity index (χ2v) is 5.77. The number of anilines is 1. The number of aromatic amines is 1. The predicted molar refractivity (Wildman–Crippen MR) is 87.6 cm³/mol. The highest BCUT2D eigenvalue weighted by Gasteiger charge is 2.08. The molecule has 0 fully saturated rings. The minimum Gasteiger partial charge on any atom is -0.382 e. The monoisotopic (exact) mass is 364 g/mol. The Hall–Kier alpha value is -2.15. The summed E-state index contributed by atoms with van der Waals surface area (Å²) >= 11 is 3.27. The Morgan fingerprint density at radius 2 is 2.27 bits per heavy atom. The molecular formula is C15H14BrFN4O. The maximum absolute atomic E-state index is 13.2. The van der Waals surface area contributed by atoms with Gasteiger partial charge in [-0.05, 0) is 46.1 Å². The molecule has 114 valence electrons. The van der Waals surface area contributed by atoms with Gasteiger partial charge in [0.25, 0.3) is 5.56 Å². The van der Waals surface area contributed by atoms with E-state index >= 15 is 0 Å². The molecule has 0 saturated heterocycles. The third-order valence-corrected chi connectivity index (χ3v) is 4.28. The zero-order chi connectivity index (χ0) is 15.7. The number of hydrogen-bond donors (Lipinski definition) is 2. The number of fused-ring (bicyclic) bond motifs is 1. The smallest absolute Gasteiger partial charge is 0.282 e. The summed E-state index contributed by atoms with van der Waals surface area (Å²) in [5, 5.41) is 8.17. The first-order valence-corrected chi connectivity index (χ1v) is 7.57. The van der Waals surface area contributed by atoms with Gasteiger partial charge in [0.2, 0.25) is 0 Å². The molecule has 0 radical (unpaired) electrons. The Kier molecular flexibility index (Phi) is 3.98. The molecule has 0 aliphatic heterocycles. The predicted octanol–water partition coefficient (Wildman–Crippen LogP) is 2.82. The molecule has 0 atom stereocenters. The van der Waals surface area contributed by atoms with Crippen molar-refractivity contribution in [1.29, 1.82) is 0 Å². The molecule has 5 nitrogen and oxygen atoms in total. The van der Waals surface area contributed by atoms with E-state index in [0.29, 0.717) is 16.7 Å². The normalized spacial score (nSPS) is 11.0. The Morgan fingerprint density at radius 3 is 3.09 bits per heavy atom. The molecule has 0 saturated carbocycles. The van der Waals surface area contributed by atoms with Crippen LogP contribution in [-0.2, 0) is 13.5 Å². The summed E-state index contributed by atoms with van der Waals surface area (Å²) in [5.41, 5.74) is 2.35. The summed E-state index contributed by atoms with van der Waals surface area (Å²) in [6, 6.07) is 4.70. The van der Waals surface area contributed by atoms with Crippen molar-refractivity contribution in [3.63, 3.8) is 0 Å². The van der Waals surface area contributed by atoms with Crippen LogP contribution >= 0.6 is 15.9 Å². The van der Waals surface area contributed by atoms with Gasteiger partial charge in [0, 0.05) is 30.7 Å². The number of nitrogens with zero attached hydrogens (tertiary/aromatic N) is 2. The van der Waals surface area contributed by atoms with Crippen molar-refractivity contribution in [2.45, 2.75) is 6.42 Å². The maximum atomic E-state index is 13.2. The molecule has 0 amide bonds. The van der Waals surface area contributed by atoms with Gasteiger partial charge in [0.1, 0.15) is 10.3 Å². The number of nitrogens with one attached hydrogen (secondary N) is 2. The fourth-order valence-corrected chi connectivity index (χ4v) is 2.83. The molecule has 22 heavy (non-hydrogen) atoms. The number of hydrogen-bond acceptors (Lipinski definition) is 3. The fourth-order valence-electron chi connectivity index (χ4n) is 2.33. The van der Waals surface area contributed by atoms with E-state index in [0.717, 1.165) is 22.9 Å². The first-order chi connectivity index (χ1) is 10.6. The van der Waals surface area contributed by atoms with Gasteiger partial charge in [0.15, 0.2) is 0 Å². The fraction of sp³-hybridized carbons (Fsp3) is 0.200. The molecule has 2 aromatic heterocycles. The molecular weight excluding hydrogens is 351 g/mol. The summed E-state index contributed by atoms with van der Waals surface area (Å²) in [6.07, 6.45) is 4.23. The molecule has 0 spiro atoms. The van der Waals surface area contributed by atoms with Crippen molar-refractivity contribution >= 4 is 32.5 Å². The van der Waals surface area contributed by atoms with E-state index in [1.807, 2.05) is 6.20 Å². The lowest BCUT2D eigenvalue weighted by molar-refractivity contribution is 0.629. The van der Waals surface area contributed by atoms with Crippen LogP contribution in [0.3, 0.4) is 0 Å². The van der Waals surface area contributed by atoms with Gasteiger partial charge in [-0.25, -0.2) is 9.07 Å². The first kappa shape index (κ1) is 14.8. The van der Waals surface area contributed by atoms with E-state index < -0.39 is 0 Å². The largest absolute Gasteiger partial charge is 0.382 e. The van der Waals surface area contributed by atoms with Crippen LogP contribution in [0.4, 0.5) is 10.1 Å². The van der Waals surface area contributed by atoms with Crippen molar-refractivity contribution in [3.05, 3.63) is 56.8 Å². The third-order valence-electron chi connectivity index (χ3n) is 3.52. The number of halogens is 2. The molecule has 1 aromatic carbocycles. The van der Waals surface area contributed by atoms with Crippen LogP contribution in [0.1, 0.15) is 5.56 Å². The second kappa shape index (κ2) is 5.92. The Bertz CT molecular complexity index is 887. The van der Waals surface area contributed by atoms with E-state index in [9.17, 15) is 9.18 Å². The summed E-state index contributed by atoms with van der Waals surface area (Å²) in [7, 11) is 1.60. The van der Waals surface area contributed by atoms with Crippen LogP contribution in [0.25, 0.3) is 10.9 Å². The van der Waals surface area contributed by atoms with Crippen molar-refractivity contribution in [2.75, 3.05) is 11.9 Å². The quantitative estimate of drug-likeness (QED) is 0.748. The van der Waals surface area contributed by atoms with Crippen LogP contribution in [0.15, 0.2) is 39.9 Å². The van der Waals surface area contributed by atoms with Crippen LogP contribution in [0.5, 0.6) is 0 Å². The minimum atomic E-state index is -0.255. The average molecular weight is 365 g/mol. The van der Waals surface area contributed by atoms with E-state index in [-0.39, 0.29) is 11.4 Å². The topological polar surface area (TPSA) is 62.7 Å². The van der Waals surface area contributed by atoms with Crippen molar-refractivity contribution in [3.8, 4) is 0 Å². The average Bonchev–Trinajstić information content (AvgIpc) is 2.89. The molecule has 0 bridgehead atoms. The highest BCUT2D eigenvalue weighted by Crippen LogP contribution is 2.20. The van der Waals surface area contributed by atoms with Crippen molar-refractivity contribution in [1.82, 2.24) is 14.8 Å². The van der Waals surface area contributed by atoms with Gasteiger partial charge in [-0.3, -0.25) is 4.79 Å². The highest BCUT2D eigenvalue weighted by molar-refractivity contribution is 9.10. The van der Waals surface area contributed by atoms with E-state index in [4.69, 9.17) is 0 Å². The van der Waals surface area contributed by atoms with Crippen LogP contribution in [0.2, 0.25) is 0 Å². The number of aryl methyl sites for hydroxylation is 1. The van der Waals surface area contributed by atoms with Crippen molar-refractivity contribution < 1.29 is 4.39 Å². The summed E-state index contributed by atoms with van der Waals surface area (Å²) in [4.78, 5) is 14.8. The molecule has 3 aromatic rings. The standard InChI is InChI=1S/C15H14BrFN4O/c1-21-15(22)14(16)13(8-20-21)18-5-4-9-7-19-12-6-10(17)2-3-11(9)12/h2-3,6-8,18-19H,4-5H2,1H3. The lowest BCUT2D eigenvalue weighted by Gasteiger charge is -2.08. The van der Waals surface area contributed by atoms with E-state index in [2.05, 4.69) is 31.3 Å². The number of benzene rings is 1. The van der Waals surface area contributed by atoms with Gasteiger partial charge >= 0.3 is 0 Å². The molecule has 2 N–H and O–H groups in total. The molecule has 0 unspecified atom stereocenters. The minimum absolute atomic E-state index is 0.187. The van der Waals surface area contributed by atoms with Gasteiger partial charge < -0.3 is 10.3 Å². The van der Waals surface area contributed by atoms with Gasteiger partial charge in [-0.15, -0.1) is 0 Å². The van der Waals surface area contributed by atoms with Crippen LogP contribution in [0, 0.1) is 5.82 Å². The molecule has 2 heterocycles. The Labute approximate surface area is 134 Å². The zero-order valence-electron chi connectivity index (χ0n) is 11.9. The van der Waals surface area contributed by atoms with Gasteiger partial charge in [-0.2, -0.15) is 5.10 Å². The number of aromatic nitrogens is 3. The maximum Gasteiger partial charge on any atom is 0.282 e. The van der Waals surface area contributed by atoms with Gasteiger partial charge in [-0.1, -0.05) is 0 Å². The zero-order valence-corrected chi connectivity index (χ0v) is 13.4. The molecule has 7 heteroatoms. The van der Waals surface area contributed by atoms with E-state index in [1.54, 1.807) is 19.3 Å².